The summed E-state index contributed by atoms with van der Waals surface area (Å²) in [6, 6.07) is 2.47. The summed E-state index contributed by atoms with van der Waals surface area (Å²) in [5.74, 6) is 0. The number of sulfonamides is 1. The van der Waals surface area contributed by atoms with Gasteiger partial charge in [0.25, 0.3) is 0 Å². The highest BCUT2D eigenvalue weighted by atomic mass is 35.5. The fraction of sp³-hybridized carbons (Fsp3) is 0.500. The molecule has 1 saturated heterocycles. The minimum absolute atomic E-state index is 0.0276. The molecule has 9 heteroatoms. The zero-order chi connectivity index (χ0) is 15.5. The second-order valence-electron chi connectivity index (χ2n) is 4.77. The lowest BCUT2D eigenvalue weighted by Crippen LogP contribution is -2.48. The number of hydrogen-bond donors (Lipinski definition) is 2. The van der Waals surface area contributed by atoms with Crippen molar-refractivity contribution in [2.45, 2.75) is 30.2 Å². The van der Waals surface area contributed by atoms with Crippen LogP contribution in [0.15, 0.2) is 23.2 Å². The molecular weight excluding hydrogens is 318 g/mol. The lowest BCUT2D eigenvalue weighted by molar-refractivity contribution is 0.108. The first-order chi connectivity index (χ1) is 9.92. The van der Waals surface area contributed by atoms with Crippen LogP contribution in [0.4, 0.5) is 4.79 Å². The molecule has 0 bridgehead atoms. The molecule has 1 fully saturated rings. The number of halogens is 1. The van der Waals surface area contributed by atoms with E-state index in [1.165, 1.54) is 23.2 Å². The Bertz CT molecular complexity index is 623. The van der Waals surface area contributed by atoms with Crippen molar-refractivity contribution in [2.75, 3.05) is 13.1 Å². The van der Waals surface area contributed by atoms with Gasteiger partial charge >= 0.3 is 6.09 Å². The molecule has 1 aromatic rings. The minimum Gasteiger partial charge on any atom is -0.465 e. The topological polar surface area (TPSA) is 99.6 Å². The van der Waals surface area contributed by atoms with Gasteiger partial charge in [-0.25, -0.2) is 22.9 Å². The molecule has 2 heterocycles. The average Bonchev–Trinajstić information content (AvgIpc) is 2.45. The second kappa shape index (κ2) is 6.59. The van der Waals surface area contributed by atoms with Gasteiger partial charge in [0.2, 0.25) is 10.0 Å². The Kier molecular flexibility index (Phi) is 5.02. The SMILES string of the molecule is O=C(O)N1CCCCC1CNS(=O)(=O)c1cccnc1Cl. The van der Waals surface area contributed by atoms with Crippen LogP contribution in [-0.2, 0) is 10.0 Å². The summed E-state index contributed by atoms with van der Waals surface area (Å²) < 4.78 is 26.8. The van der Waals surface area contributed by atoms with Crippen LogP contribution in [0.1, 0.15) is 19.3 Å². The van der Waals surface area contributed by atoms with Crippen molar-refractivity contribution >= 4 is 27.7 Å². The van der Waals surface area contributed by atoms with E-state index >= 15 is 0 Å². The standard InChI is InChI=1S/C12H16ClN3O4S/c13-11-10(5-3-6-14-11)21(19,20)15-8-9-4-1-2-7-16(9)12(17)18/h3,5-6,9,15H,1-2,4,7-8H2,(H,17,18). The highest BCUT2D eigenvalue weighted by molar-refractivity contribution is 7.89. The minimum atomic E-state index is -3.80. The highest BCUT2D eigenvalue weighted by Gasteiger charge is 2.28. The van der Waals surface area contributed by atoms with Gasteiger partial charge in [0.1, 0.15) is 10.0 Å². The summed E-state index contributed by atoms with van der Waals surface area (Å²) in [5, 5.41) is 9.01. The monoisotopic (exact) mass is 333 g/mol. The maximum atomic E-state index is 12.2. The van der Waals surface area contributed by atoms with Crippen LogP contribution < -0.4 is 4.72 Å². The van der Waals surface area contributed by atoms with Crippen molar-refractivity contribution in [3.63, 3.8) is 0 Å². The molecule has 2 rings (SSSR count). The summed E-state index contributed by atoms with van der Waals surface area (Å²) in [4.78, 5) is 16.0. The fourth-order valence-corrected chi connectivity index (χ4v) is 3.84. The largest absolute Gasteiger partial charge is 0.465 e. The maximum Gasteiger partial charge on any atom is 0.407 e. The molecule has 0 saturated carbocycles. The molecule has 7 nitrogen and oxygen atoms in total. The zero-order valence-electron chi connectivity index (χ0n) is 11.2. The van der Waals surface area contributed by atoms with Crippen molar-refractivity contribution in [1.29, 1.82) is 0 Å². The lowest BCUT2D eigenvalue weighted by Gasteiger charge is -2.33. The van der Waals surface area contributed by atoms with Crippen LogP contribution >= 0.6 is 11.6 Å². The van der Waals surface area contributed by atoms with Gasteiger partial charge in [0, 0.05) is 25.3 Å². The molecule has 0 aliphatic carbocycles. The number of amides is 1. The Balaban J connectivity index is 2.08. The normalized spacial score (nSPS) is 19.5. The number of carbonyl (C=O) groups is 1. The number of aromatic nitrogens is 1. The predicted molar refractivity (Wildman–Crippen MR) is 76.8 cm³/mol. The van der Waals surface area contributed by atoms with Gasteiger partial charge < -0.3 is 10.0 Å². The van der Waals surface area contributed by atoms with E-state index in [4.69, 9.17) is 16.7 Å². The molecular formula is C12H16ClN3O4S. The summed E-state index contributed by atoms with van der Waals surface area (Å²) in [5.41, 5.74) is 0. The molecule has 1 aliphatic rings. The number of nitrogens with zero attached hydrogens (tertiary/aromatic N) is 2. The van der Waals surface area contributed by atoms with Crippen LogP contribution in [0, 0.1) is 0 Å². The smallest absolute Gasteiger partial charge is 0.407 e. The molecule has 1 unspecified atom stereocenters. The van der Waals surface area contributed by atoms with Gasteiger partial charge in [-0.1, -0.05) is 11.6 Å². The quantitative estimate of drug-likeness (QED) is 0.814. The second-order valence-corrected chi connectivity index (χ2v) is 6.86. The first kappa shape index (κ1) is 16.0. The van der Waals surface area contributed by atoms with E-state index in [0.717, 1.165) is 12.8 Å². The van der Waals surface area contributed by atoms with Crippen LogP contribution in [0.25, 0.3) is 0 Å². The van der Waals surface area contributed by atoms with Gasteiger partial charge in [-0.15, -0.1) is 0 Å². The Labute approximate surface area is 128 Å². The third-order valence-electron chi connectivity index (χ3n) is 3.40. The number of likely N-dealkylation sites (tertiary alicyclic amines) is 1. The van der Waals surface area contributed by atoms with E-state index in [2.05, 4.69) is 9.71 Å². The zero-order valence-corrected chi connectivity index (χ0v) is 12.8. The molecule has 1 atom stereocenters. The third-order valence-corrected chi connectivity index (χ3v) is 5.26. The summed E-state index contributed by atoms with van der Waals surface area (Å²) in [6.45, 7) is 0.454. The molecule has 2 N–H and O–H groups in total. The molecule has 116 valence electrons. The molecule has 0 spiro atoms. The Morgan fingerprint density at radius 3 is 2.95 bits per heavy atom. The third kappa shape index (κ3) is 3.84. The first-order valence-corrected chi connectivity index (χ1v) is 8.37. The van der Waals surface area contributed by atoms with Crippen LogP contribution in [0.3, 0.4) is 0 Å². The van der Waals surface area contributed by atoms with Crippen molar-refractivity contribution in [2.24, 2.45) is 0 Å². The summed E-state index contributed by atoms with van der Waals surface area (Å²) >= 11 is 5.77. The Morgan fingerprint density at radius 1 is 1.52 bits per heavy atom. The number of hydrogen-bond acceptors (Lipinski definition) is 4. The van der Waals surface area contributed by atoms with E-state index in [0.29, 0.717) is 13.0 Å². The van der Waals surface area contributed by atoms with Gasteiger partial charge in [-0.3, -0.25) is 0 Å². The molecule has 1 amide bonds. The summed E-state index contributed by atoms with van der Waals surface area (Å²) in [7, 11) is -3.80. The summed E-state index contributed by atoms with van der Waals surface area (Å²) in [6.07, 6.45) is 2.68. The molecule has 1 aliphatic heterocycles. The first-order valence-electron chi connectivity index (χ1n) is 6.51. The van der Waals surface area contributed by atoms with Gasteiger partial charge in [-0.2, -0.15) is 0 Å². The van der Waals surface area contributed by atoms with Crippen molar-refractivity contribution in [1.82, 2.24) is 14.6 Å². The van der Waals surface area contributed by atoms with E-state index in [-0.39, 0.29) is 22.6 Å². The van der Waals surface area contributed by atoms with Crippen molar-refractivity contribution < 1.29 is 18.3 Å². The lowest BCUT2D eigenvalue weighted by atomic mass is 10.0. The maximum absolute atomic E-state index is 12.2. The number of carboxylic acid groups (broad SMARTS) is 1. The number of rotatable bonds is 4. The Morgan fingerprint density at radius 2 is 2.29 bits per heavy atom. The molecule has 1 aromatic heterocycles. The number of pyridine rings is 1. The number of piperidine rings is 1. The molecule has 0 radical (unpaired) electrons. The van der Waals surface area contributed by atoms with Crippen LogP contribution in [0.2, 0.25) is 5.15 Å². The number of nitrogens with one attached hydrogen (secondary N) is 1. The van der Waals surface area contributed by atoms with Gasteiger partial charge in [0.15, 0.2) is 0 Å². The van der Waals surface area contributed by atoms with Crippen molar-refractivity contribution in [3.05, 3.63) is 23.5 Å². The van der Waals surface area contributed by atoms with Crippen LogP contribution in [0.5, 0.6) is 0 Å². The predicted octanol–water partition coefficient (Wildman–Crippen LogP) is 1.55. The molecule has 0 aromatic carbocycles. The van der Waals surface area contributed by atoms with E-state index < -0.39 is 16.1 Å². The van der Waals surface area contributed by atoms with E-state index in [1.54, 1.807) is 0 Å². The van der Waals surface area contributed by atoms with Crippen molar-refractivity contribution in [3.8, 4) is 0 Å². The fourth-order valence-electron chi connectivity index (χ4n) is 2.32. The van der Waals surface area contributed by atoms with Gasteiger partial charge in [-0.05, 0) is 31.4 Å². The van der Waals surface area contributed by atoms with Gasteiger partial charge in [0.05, 0.1) is 0 Å². The Hall–Kier alpha value is -1.38. The average molecular weight is 334 g/mol. The molecule has 21 heavy (non-hydrogen) atoms. The van der Waals surface area contributed by atoms with E-state index in [9.17, 15) is 13.2 Å². The van der Waals surface area contributed by atoms with E-state index in [1.807, 2.05) is 0 Å². The highest BCUT2D eigenvalue weighted by Crippen LogP contribution is 2.20. The van der Waals surface area contributed by atoms with Crippen LogP contribution in [-0.4, -0.2) is 48.6 Å².